The van der Waals surface area contributed by atoms with Crippen molar-refractivity contribution in [2.75, 3.05) is 26.2 Å². The molecule has 9 heteroatoms. The minimum atomic E-state index is -0.510. The minimum absolute atomic E-state index is 0.0151. The van der Waals surface area contributed by atoms with E-state index in [1.807, 2.05) is 20.8 Å². The summed E-state index contributed by atoms with van der Waals surface area (Å²) in [5.41, 5.74) is -0.494. The van der Waals surface area contributed by atoms with Gasteiger partial charge in [-0.25, -0.2) is 4.79 Å². The zero-order valence-electron chi connectivity index (χ0n) is 15.9. The van der Waals surface area contributed by atoms with Crippen molar-refractivity contribution in [1.29, 1.82) is 0 Å². The molecule has 0 spiro atoms. The number of halogens is 1. The molecule has 0 aliphatic carbocycles. The van der Waals surface area contributed by atoms with E-state index in [1.54, 1.807) is 6.07 Å². The van der Waals surface area contributed by atoms with Gasteiger partial charge in [0.05, 0.1) is 9.40 Å². The van der Waals surface area contributed by atoms with E-state index < -0.39 is 10.5 Å². The van der Waals surface area contributed by atoms with Gasteiger partial charge in [0.25, 0.3) is 5.69 Å². The third kappa shape index (κ3) is 7.34. The number of amides is 1. The first-order chi connectivity index (χ1) is 12.6. The van der Waals surface area contributed by atoms with Crippen molar-refractivity contribution in [3.8, 4) is 5.75 Å². The smallest absolute Gasteiger partial charge is 0.407 e. The summed E-state index contributed by atoms with van der Waals surface area (Å²) in [7, 11) is 0. The molecule has 1 aliphatic rings. The van der Waals surface area contributed by atoms with Crippen LogP contribution in [0, 0.1) is 10.1 Å². The number of nitrogens with one attached hydrogen (secondary N) is 1. The van der Waals surface area contributed by atoms with Gasteiger partial charge in [-0.15, -0.1) is 0 Å². The number of nitro groups is 1. The predicted octanol–water partition coefficient (Wildman–Crippen LogP) is 3.73. The Bertz CT molecular complexity index is 677. The molecule has 1 aliphatic heterocycles. The monoisotopic (exact) mass is 443 g/mol. The van der Waals surface area contributed by atoms with E-state index in [1.165, 1.54) is 12.1 Å². The lowest BCUT2D eigenvalue weighted by Gasteiger charge is -2.33. The molecule has 1 amide bonds. The third-order valence-electron chi connectivity index (χ3n) is 4.02. The van der Waals surface area contributed by atoms with Gasteiger partial charge in [-0.05, 0) is 62.2 Å². The first-order valence-electron chi connectivity index (χ1n) is 8.92. The number of nitro benzene ring substituents is 1. The summed E-state index contributed by atoms with van der Waals surface area (Å²) in [6.45, 7) is 8.36. The number of piperidine rings is 1. The largest absolute Gasteiger partial charge is 0.491 e. The highest BCUT2D eigenvalue weighted by atomic mass is 79.9. The van der Waals surface area contributed by atoms with Gasteiger partial charge in [0.2, 0.25) is 0 Å². The molecule has 0 saturated carbocycles. The second kappa shape index (κ2) is 9.36. The van der Waals surface area contributed by atoms with Crippen LogP contribution in [0.15, 0.2) is 22.7 Å². The summed E-state index contributed by atoms with van der Waals surface area (Å²) in [4.78, 5) is 24.5. The fraction of sp³-hybridized carbons (Fsp3) is 0.611. The Hall–Kier alpha value is -1.87. The molecule has 0 radical (unpaired) electrons. The van der Waals surface area contributed by atoms with E-state index in [4.69, 9.17) is 9.47 Å². The first kappa shape index (κ1) is 21.4. The molecule has 8 nitrogen and oxygen atoms in total. The Morgan fingerprint density at radius 3 is 2.81 bits per heavy atom. The zero-order chi connectivity index (χ0) is 20.0. The highest BCUT2D eigenvalue weighted by Crippen LogP contribution is 2.29. The van der Waals surface area contributed by atoms with Crippen molar-refractivity contribution in [2.24, 2.45) is 0 Å². The molecule has 1 heterocycles. The van der Waals surface area contributed by atoms with Crippen molar-refractivity contribution in [1.82, 2.24) is 10.2 Å². The van der Waals surface area contributed by atoms with Crippen LogP contribution in [0.3, 0.4) is 0 Å². The molecular formula is C18H26BrN3O5. The molecule has 2 rings (SSSR count). The van der Waals surface area contributed by atoms with Crippen LogP contribution in [0.25, 0.3) is 0 Å². The SMILES string of the molecule is CC(C)(C)OC(=O)N[C@H]1CCCN(CCOc2ccc([N+](=O)[O-])cc2Br)C1. The van der Waals surface area contributed by atoms with Crippen LogP contribution >= 0.6 is 15.9 Å². The molecule has 1 atom stereocenters. The average Bonchev–Trinajstić information content (AvgIpc) is 2.54. The van der Waals surface area contributed by atoms with Crippen molar-refractivity contribution >= 4 is 27.7 Å². The summed E-state index contributed by atoms with van der Waals surface area (Å²) in [6, 6.07) is 4.49. The van der Waals surface area contributed by atoms with Gasteiger partial charge in [-0.3, -0.25) is 15.0 Å². The quantitative estimate of drug-likeness (QED) is 0.531. The number of nitrogens with zero attached hydrogens (tertiary/aromatic N) is 2. The van der Waals surface area contributed by atoms with Gasteiger partial charge in [0.1, 0.15) is 18.0 Å². The van der Waals surface area contributed by atoms with Gasteiger partial charge < -0.3 is 14.8 Å². The molecule has 1 N–H and O–H groups in total. The number of carbonyl (C=O) groups is 1. The number of alkyl carbamates (subject to hydrolysis) is 1. The minimum Gasteiger partial charge on any atom is -0.491 e. The summed E-state index contributed by atoms with van der Waals surface area (Å²) in [6.07, 6.45) is 1.52. The molecule has 150 valence electrons. The summed E-state index contributed by atoms with van der Waals surface area (Å²) in [5.74, 6) is 0.570. The molecule has 1 fully saturated rings. The molecule has 27 heavy (non-hydrogen) atoms. The Morgan fingerprint density at radius 2 is 2.19 bits per heavy atom. The van der Waals surface area contributed by atoms with Crippen LogP contribution in [0.4, 0.5) is 10.5 Å². The lowest BCUT2D eigenvalue weighted by Crippen LogP contribution is -2.49. The highest BCUT2D eigenvalue weighted by Gasteiger charge is 2.24. The van der Waals surface area contributed by atoms with Gasteiger partial charge in [-0.1, -0.05) is 0 Å². The molecular weight excluding hydrogens is 418 g/mol. The van der Waals surface area contributed by atoms with Crippen LogP contribution in [0.1, 0.15) is 33.6 Å². The number of carbonyl (C=O) groups excluding carboxylic acids is 1. The highest BCUT2D eigenvalue weighted by molar-refractivity contribution is 9.10. The van der Waals surface area contributed by atoms with E-state index in [2.05, 4.69) is 26.1 Å². The molecule has 0 unspecified atom stereocenters. The number of likely N-dealkylation sites (tertiary alicyclic amines) is 1. The molecule has 1 aromatic rings. The average molecular weight is 444 g/mol. The summed E-state index contributed by atoms with van der Waals surface area (Å²) < 4.78 is 11.6. The number of ether oxygens (including phenoxy) is 2. The van der Waals surface area contributed by atoms with Crippen LogP contribution in [0.5, 0.6) is 5.75 Å². The molecule has 0 bridgehead atoms. The van der Waals surface area contributed by atoms with Gasteiger partial charge in [-0.2, -0.15) is 0 Å². The van der Waals surface area contributed by atoms with Crippen molar-refractivity contribution in [3.63, 3.8) is 0 Å². The lowest BCUT2D eigenvalue weighted by molar-refractivity contribution is -0.385. The number of benzene rings is 1. The first-order valence-corrected chi connectivity index (χ1v) is 9.72. The standard InChI is InChI=1S/C18H26BrN3O5/c1-18(2,3)27-17(23)20-13-5-4-8-21(12-13)9-10-26-16-7-6-14(22(24)25)11-15(16)19/h6-7,11,13H,4-5,8-10,12H2,1-3H3,(H,20,23)/t13-/m0/s1. The number of rotatable bonds is 6. The van der Waals surface area contributed by atoms with Crippen LogP contribution in [0.2, 0.25) is 0 Å². The zero-order valence-corrected chi connectivity index (χ0v) is 17.5. The van der Waals surface area contributed by atoms with E-state index >= 15 is 0 Å². The van der Waals surface area contributed by atoms with Crippen molar-refractivity contribution in [2.45, 2.75) is 45.3 Å². The summed E-state index contributed by atoms with van der Waals surface area (Å²) in [5, 5.41) is 13.7. The molecule has 1 aromatic carbocycles. The Balaban J connectivity index is 1.77. The number of hydrogen-bond acceptors (Lipinski definition) is 6. The fourth-order valence-electron chi connectivity index (χ4n) is 2.86. The van der Waals surface area contributed by atoms with E-state index in [9.17, 15) is 14.9 Å². The molecule has 0 aromatic heterocycles. The third-order valence-corrected chi connectivity index (χ3v) is 4.64. The lowest BCUT2D eigenvalue weighted by atomic mass is 10.1. The Kier molecular flexibility index (Phi) is 7.43. The number of non-ortho nitro benzene ring substituents is 1. The van der Waals surface area contributed by atoms with E-state index in [0.29, 0.717) is 23.4 Å². The van der Waals surface area contributed by atoms with Crippen molar-refractivity contribution < 1.29 is 19.2 Å². The van der Waals surface area contributed by atoms with Crippen molar-refractivity contribution in [3.05, 3.63) is 32.8 Å². The maximum absolute atomic E-state index is 11.9. The normalized spacial score (nSPS) is 18.0. The summed E-state index contributed by atoms with van der Waals surface area (Å²) >= 11 is 3.30. The van der Waals surface area contributed by atoms with Crippen LogP contribution < -0.4 is 10.1 Å². The maximum Gasteiger partial charge on any atom is 0.407 e. The molecule has 1 saturated heterocycles. The van der Waals surface area contributed by atoms with Gasteiger partial charge in [0, 0.05) is 31.3 Å². The topological polar surface area (TPSA) is 93.9 Å². The number of hydrogen-bond donors (Lipinski definition) is 1. The predicted molar refractivity (Wildman–Crippen MR) is 105 cm³/mol. The van der Waals surface area contributed by atoms with E-state index in [0.717, 1.165) is 25.9 Å². The van der Waals surface area contributed by atoms with Crippen LogP contribution in [-0.4, -0.2) is 53.8 Å². The van der Waals surface area contributed by atoms with Gasteiger partial charge >= 0.3 is 6.09 Å². The second-order valence-corrected chi connectivity index (χ2v) is 8.36. The van der Waals surface area contributed by atoms with E-state index in [-0.39, 0.29) is 17.8 Å². The Labute approximate surface area is 167 Å². The van der Waals surface area contributed by atoms with Gasteiger partial charge in [0.15, 0.2) is 0 Å². The second-order valence-electron chi connectivity index (χ2n) is 7.51. The van der Waals surface area contributed by atoms with Crippen LogP contribution in [-0.2, 0) is 4.74 Å². The maximum atomic E-state index is 11.9. The Morgan fingerprint density at radius 1 is 1.44 bits per heavy atom. The fourth-order valence-corrected chi connectivity index (χ4v) is 3.34.